The van der Waals surface area contributed by atoms with Crippen molar-refractivity contribution in [3.05, 3.63) is 63.1 Å². The highest BCUT2D eigenvalue weighted by Gasteiger charge is 2.52. The van der Waals surface area contributed by atoms with Crippen LogP contribution in [0.2, 0.25) is 5.02 Å². The highest BCUT2D eigenvalue weighted by molar-refractivity contribution is 9.10. The third-order valence-corrected chi connectivity index (χ3v) is 7.28. The van der Waals surface area contributed by atoms with Crippen molar-refractivity contribution < 1.29 is 4.74 Å². The van der Waals surface area contributed by atoms with E-state index in [9.17, 15) is 0 Å². The summed E-state index contributed by atoms with van der Waals surface area (Å²) in [4.78, 5) is 2.52. The number of rotatable bonds is 2. The zero-order valence-electron chi connectivity index (χ0n) is 16.7. The Labute approximate surface area is 185 Å². The molecule has 3 aliphatic rings. The van der Waals surface area contributed by atoms with Gasteiger partial charge in [-0.3, -0.25) is 0 Å². The lowest BCUT2D eigenvalue weighted by Crippen LogP contribution is -2.59. The molecule has 0 aromatic heterocycles. The van der Waals surface area contributed by atoms with Gasteiger partial charge in [0.15, 0.2) is 0 Å². The number of benzene rings is 2. The summed E-state index contributed by atoms with van der Waals surface area (Å²) in [6.45, 7) is 6.56. The van der Waals surface area contributed by atoms with Crippen LogP contribution >= 0.6 is 27.5 Å². The Morgan fingerprint density at radius 2 is 1.93 bits per heavy atom. The van der Waals surface area contributed by atoms with E-state index in [1.165, 1.54) is 5.56 Å². The van der Waals surface area contributed by atoms with Gasteiger partial charge in [0.05, 0.1) is 11.8 Å². The molecule has 4 nitrogen and oxygen atoms in total. The predicted octanol–water partition coefficient (Wildman–Crippen LogP) is 5.85. The van der Waals surface area contributed by atoms with E-state index in [-0.39, 0.29) is 11.8 Å². The van der Waals surface area contributed by atoms with Gasteiger partial charge < -0.3 is 9.64 Å². The molecule has 0 saturated carbocycles. The summed E-state index contributed by atoms with van der Waals surface area (Å²) >= 11 is 10.1. The van der Waals surface area contributed by atoms with Crippen LogP contribution < -0.4 is 4.74 Å². The molecule has 2 aromatic rings. The summed E-state index contributed by atoms with van der Waals surface area (Å²) in [7, 11) is 0. The Morgan fingerprint density at radius 3 is 2.66 bits per heavy atom. The molecule has 0 bridgehead atoms. The second-order valence-electron chi connectivity index (χ2n) is 8.45. The minimum Gasteiger partial charge on any atom is -0.466 e. The first-order valence-corrected chi connectivity index (χ1v) is 11.5. The number of fused-ring (bicyclic) bond motifs is 4. The second kappa shape index (κ2) is 7.29. The van der Waals surface area contributed by atoms with Crippen LogP contribution in [-0.4, -0.2) is 40.5 Å². The fraction of sp³-hybridized carbons (Fsp3) is 0.435. The van der Waals surface area contributed by atoms with E-state index in [2.05, 4.69) is 64.0 Å². The summed E-state index contributed by atoms with van der Waals surface area (Å²) in [5.74, 6) is 0.989. The zero-order chi connectivity index (χ0) is 20.2. The largest absolute Gasteiger partial charge is 0.466 e. The molecule has 2 aromatic carbocycles. The molecule has 1 atom stereocenters. The number of hydrazone groups is 1. The highest BCUT2D eigenvalue weighted by atomic mass is 79.9. The average Bonchev–Trinajstić information content (AvgIpc) is 3.16. The minimum atomic E-state index is -0.389. The third-order valence-electron chi connectivity index (χ3n) is 6.45. The number of halogens is 2. The van der Waals surface area contributed by atoms with Crippen LogP contribution in [0.4, 0.5) is 0 Å². The summed E-state index contributed by atoms with van der Waals surface area (Å²) < 4.78 is 7.78. The van der Waals surface area contributed by atoms with Gasteiger partial charge in [0, 0.05) is 59.0 Å². The summed E-state index contributed by atoms with van der Waals surface area (Å²) in [5.41, 5.74) is 2.87. The van der Waals surface area contributed by atoms with Gasteiger partial charge in [-0.15, -0.1) is 0 Å². The van der Waals surface area contributed by atoms with E-state index in [0.29, 0.717) is 6.04 Å². The molecule has 3 aliphatic heterocycles. The number of hydrogen-bond donors (Lipinski definition) is 0. The van der Waals surface area contributed by atoms with Crippen molar-refractivity contribution in [3.8, 4) is 5.75 Å². The molecule has 1 fully saturated rings. The van der Waals surface area contributed by atoms with Crippen LogP contribution in [0.5, 0.6) is 5.75 Å². The fourth-order valence-electron chi connectivity index (χ4n) is 4.83. The molecule has 6 heteroatoms. The van der Waals surface area contributed by atoms with Gasteiger partial charge in [-0.2, -0.15) is 5.10 Å². The van der Waals surface area contributed by atoms with Crippen LogP contribution in [0.15, 0.2) is 52.0 Å². The van der Waals surface area contributed by atoms with Gasteiger partial charge in [0.1, 0.15) is 5.75 Å². The molecule has 1 unspecified atom stereocenters. The molecule has 5 rings (SSSR count). The first-order valence-electron chi connectivity index (χ1n) is 10.3. The molecule has 0 radical (unpaired) electrons. The van der Waals surface area contributed by atoms with Crippen LogP contribution in [0.3, 0.4) is 0 Å². The van der Waals surface area contributed by atoms with E-state index in [1.807, 2.05) is 18.2 Å². The Balaban J connectivity index is 1.56. The van der Waals surface area contributed by atoms with Crippen molar-refractivity contribution in [2.24, 2.45) is 5.10 Å². The van der Waals surface area contributed by atoms with Gasteiger partial charge in [-0.05, 0) is 38.1 Å². The van der Waals surface area contributed by atoms with Crippen molar-refractivity contribution in [1.29, 1.82) is 0 Å². The molecule has 3 heterocycles. The molecule has 1 spiro atoms. The van der Waals surface area contributed by atoms with Crippen LogP contribution in [-0.2, 0) is 0 Å². The van der Waals surface area contributed by atoms with Crippen LogP contribution in [0.1, 0.15) is 50.3 Å². The topological polar surface area (TPSA) is 28.1 Å². The third kappa shape index (κ3) is 3.28. The van der Waals surface area contributed by atoms with Crippen molar-refractivity contribution in [2.75, 3.05) is 13.1 Å². The normalized spacial score (nSPS) is 23.0. The van der Waals surface area contributed by atoms with Crippen molar-refractivity contribution >= 4 is 33.2 Å². The molecule has 0 amide bonds. The Morgan fingerprint density at radius 1 is 1.17 bits per heavy atom. The predicted molar refractivity (Wildman–Crippen MR) is 121 cm³/mol. The van der Waals surface area contributed by atoms with Crippen molar-refractivity contribution in [2.45, 2.75) is 50.9 Å². The number of nitrogens with zero attached hydrogens (tertiary/aromatic N) is 3. The maximum Gasteiger partial charge on any atom is 0.200 e. The van der Waals surface area contributed by atoms with E-state index in [4.69, 9.17) is 21.4 Å². The maximum absolute atomic E-state index is 6.71. The van der Waals surface area contributed by atoms with Gasteiger partial charge in [0.25, 0.3) is 0 Å². The Bertz CT molecular complexity index is 968. The maximum atomic E-state index is 6.71. The average molecular weight is 475 g/mol. The number of likely N-dealkylation sites (tertiary alicyclic amines) is 1. The molecule has 29 heavy (non-hydrogen) atoms. The fourth-order valence-corrected chi connectivity index (χ4v) is 5.45. The summed E-state index contributed by atoms with van der Waals surface area (Å²) in [6.07, 6.45) is 2.72. The Kier molecular flexibility index (Phi) is 4.88. The second-order valence-corrected chi connectivity index (χ2v) is 9.77. The standard InChI is InChI=1S/C23H25BrClN3O/c1-15(2)27-11-9-23(10-12-27)28-21(18-13-16(24)7-8-22(18)29-23)14-20(26-28)17-5-3-4-6-19(17)25/h3-8,13,15,21H,9-12,14H2,1-2H3. The molecular formula is C23H25BrClN3O. The zero-order valence-corrected chi connectivity index (χ0v) is 19.1. The van der Waals surface area contributed by atoms with Crippen LogP contribution in [0.25, 0.3) is 0 Å². The lowest BCUT2D eigenvalue weighted by atomic mass is 9.90. The van der Waals surface area contributed by atoms with Gasteiger partial charge in [-0.1, -0.05) is 45.7 Å². The molecule has 1 saturated heterocycles. The minimum absolute atomic E-state index is 0.174. The number of hydrogen-bond acceptors (Lipinski definition) is 4. The van der Waals surface area contributed by atoms with E-state index in [0.717, 1.165) is 58.9 Å². The van der Waals surface area contributed by atoms with E-state index in [1.54, 1.807) is 0 Å². The lowest BCUT2D eigenvalue weighted by Gasteiger charge is -2.51. The molecule has 152 valence electrons. The quantitative estimate of drug-likeness (QED) is 0.547. The van der Waals surface area contributed by atoms with Gasteiger partial charge in [0.2, 0.25) is 5.72 Å². The first-order chi connectivity index (χ1) is 14.0. The summed E-state index contributed by atoms with van der Waals surface area (Å²) in [5, 5.41) is 8.13. The first kappa shape index (κ1) is 19.4. The van der Waals surface area contributed by atoms with Gasteiger partial charge in [-0.25, -0.2) is 5.01 Å². The summed E-state index contributed by atoms with van der Waals surface area (Å²) in [6, 6.07) is 15.1. The highest BCUT2D eigenvalue weighted by Crippen LogP contribution is 2.50. The SMILES string of the molecule is CC(C)N1CCC2(CC1)Oc1ccc(Br)cc1C1CC(c3ccccc3Cl)=NN12. The molecule has 0 aliphatic carbocycles. The smallest absolute Gasteiger partial charge is 0.200 e. The van der Waals surface area contributed by atoms with Crippen LogP contribution in [0, 0.1) is 0 Å². The van der Waals surface area contributed by atoms with E-state index < -0.39 is 0 Å². The number of piperidine rings is 1. The van der Waals surface area contributed by atoms with Crippen molar-refractivity contribution in [1.82, 2.24) is 9.91 Å². The lowest BCUT2D eigenvalue weighted by molar-refractivity contribution is -0.152. The van der Waals surface area contributed by atoms with Gasteiger partial charge >= 0.3 is 0 Å². The monoisotopic (exact) mass is 473 g/mol. The molecular weight excluding hydrogens is 450 g/mol. The number of ether oxygens (including phenoxy) is 1. The Hall–Kier alpha value is -1.56. The van der Waals surface area contributed by atoms with Crippen molar-refractivity contribution in [3.63, 3.8) is 0 Å². The van der Waals surface area contributed by atoms with E-state index >= 15 is 0 Å². The molecule has 0 N–H and O–H groups in total.